The Morgan fingerprint density at radius 3 is 2.69 bits per heavy atom. The van der Waals surface area contributed by atoms with Gasteiger partial charge >= 0.3 is 0 Å². The molecule has 1 atom stereocenters. The molecule has 7 nitrogen and oxygen atoms in total. The molecule has 1 aliphatic heterocycles. The van der Waals surface area contributed by atoms with E-state index in [0.717, 1.165) is 24.6 Å². The zero-order valence-electron chi connectivity index (χ0n) is 20.3. The maximum absolute atomic E-state index is 13.7. The highest BCUT2D eigenvalue weighted by Crippen LogP contribution is 2.25. The Kier molecular flexibility index (Phi) is 10.6. The Labute approximate surface area is 215 Å². The monoisotopic (exact) mass is 521 g/mol. The second-order valence-corrected chi connectivity index (χ2v) is 10.0. The van der Waals surface area contributed by atoms with Gasteiger partial charge in [-0.1, -0.05) is 68.1 Å². The SMILES string of the molecule is CCCCCCCC(=O)N1CCN(c2cc(Cl)nc(SCC(=O)Nc3ccccc3F)n2)CC1C. The van der Waals surface area contributed by atoms with Crippen molar-refractivity contribution in [2.75, 3.05) is 35.6 Å². The summed E-state index contributed by atoms with van der Waals surface area (Å²) in [4.78, 5) is 37.8. The van der Waals surface area contributed by atoms with Gasteiger partial charge in [0.15, 0.2) is 5.16 Å². The summed E-state index contributed by atoms with van der Waals surface area (Å²) in [6.07, 6.45) is 6.25. The van der Waals surface area contributed by atoms with Gasteiger partial charge in [0.2, 0.25) is 11.8 Å². The molecule has 3 rings (SSSR count). The van der Waals surface area contributed by atoms with E-state index >= 15 is 0 Å². The van der Waals surface area contributed by atoms with E-state index < -0.39 is 5.82 Å². The first-order valence-electron chi connectivity index (χ1n) is 12.1. The number of carbonyl (C=O) groups excluding carboxylic acids is 2. The molecule has 1 saturated heterocycles. The van der Waals surface area contributed by atoms with Crippen molar-refractivity contribution < 1.29 is 14.0 Å². The minimum atomic E-state index is -0.490. The van der Waals surface area contributed by atoms with E-state index in [1.165, 1.54) is 31.4 Å². The van der Waals surface area contributed by atoms with Gasteiger partial charge in [0.05, 0.1) is 11.4 Å². The number of nitrogens with one attached hydrogen (secondary N) is 1. The molecule has 2 heterocycles. The summed E-state index contributed by atoms with van der Waals surface area (Å²) in [6.45, 7) is 6.16. The zero-order chi connectivity index (χ0) is 25.2. The number of benzene rings is 1. The molecule has 0 aliphatic carbocycles. The number of unbranched alkanes of at least 4 members (excludes halogenated alkanes) is 4. The third kappa shape index (κ3) is 8.35. The third-order valence-corrected chi connectivity index (χ3v) is 6.95. The van der Waals surface area contributed by atoms with Crippen LogP contribution >= 0.6 is 23.4 Å². The smallest absolute Gasteiger partial charge is 0.234 e. The van der Waals surface area contributed by atoms with E-state index in [-0.39, 0.29) is 34.4 Å². The minimum absolute atomic E-state index is 0.0189. The third-order valence-electron chi connectivity index (χ3n) is 5.91. The molecule has 0 spiro atoms. The number of hydrogen-bond acceptors (Lipinski definition) is 6. The highest BCUT2D eigenvalue weighted by molar-refractivity contribution is 7.99. The van der Waals surface area contributed by atoms with Crippen molar-refractivity contribution in [1.82, 2.24) is 14.9 Å². The number of para-hydroxylation sites is 1. The molecule has 1 aromatic heterocycles. The first kappa shape index (κ1) is 27.2. The Morgan fingerprint density at radius 1 is 1.17 bits per heavy atom. The average Bonchev–Trinajstić information content (AvgIpc) is 2.83. The molecule has 2 aromatic rings. The van der Waals surface area contributed by atoms with Crippen molar-refractivity contribution in [3.8, 4) is 0 Å². The number of thioether (sulfide) groups is 1. The topological polar surface area (TPSA) is 78.4 Å². The Balaban J connectivity index is 1.52. The lowest BCUT2D eigenvalue weighted by molar-refractivity contribution is -0.133. The molecule has 1 fully saturated rings. The van der Waals surface area contributed by atoms with Crippen LogP contribution in [0.2, 0.25) is 5.15 Å². The molecule has 0 bridgehead atoms. The van der Waals surface area contributed by atoms with Gasteiger partial charge in [0.1, 0.15) is 16.8 Å². The summed E-state index contributed by atoms with van der Waals surface area (Å²) in [6, 6.07) is 7.76. The van der Waals surface area contributed by atoms with Gasteiger partial charge in [-0.25, -0.2) is 14.4 Å². The first-order chi connectivity index (χ1) is 16.9. The van der Waals surface area contributed by atoms with Gasteiger partial charge in [-0.15, -0.1) is 0 Å². The molecular formula is C25H33ClFN5O2S. The van der Waals surface area contributed by atoms with Crippen LogP contribution in [0.3, 0.4) is 0 Å². The normalized spacial score (nSPS) is 15.8. The van der Waals surface area contributed by atoms with Crippen molar-refractivity contribution in [2.24, 2.45) is 0 Å². The second kappa shape index (κ2) is 13.6. The number of carbonyl (C=O) groups is 2. The Hall–Kier alpha value is -2.39. The van der Waals surface area contributed by atoms with Crippen LogP contribution in [0.4, 0.5) is 15.9 Å². The number of aromatic nitrogens is 2. The lowest BCUT2D eigenvalue weighted by Gasteiger charge is -2.40. The van der Waals surface area contributed by atoms with E-state index in [4.69, 9.17) is 11.6 Å². The fourth-order valence-corrected chi connectivity index (χ4v) is 4.93. The van der Waals surface area contributed by atoms with Crippen LogP contribution in [0.25, 0.3) is 0 Å². The molecule has 2 amide bonds. The number of rotatable bonds is 11. The number of amides is 2. The van der Waals surface area contributed by atoms with Gasteiger partial charge in [0.25, 0.3) is 0 Å². The summed E-state index contributed by atoms with van der Waals surface area (Å²) in [7, 11) is 0. The van der Waals surface area contributed by atoms with E-state index in [2.05, 4.69) is 27.1 Å². The summed E-state index contributed by atoms with van der Waals surface area (Å²) >= 11 is 7.37. The van der Waals surface area contributed by atoms with E-state index in [0.29, 0.717) is 37.0 Å². The highest BCUT2D eigenvalue weighted by atomic mass is 35.5. The van der Waals surface area contributed by atoms with Crippen LogP contribution in [0.1, 0.15) is 52.4 Å². The predicted molar refractivity (Wildman–Crippen MR) is 140 cm³/mol. The standard InChI is InChI=1S/C25H33ClFN5O2S/c1-3-4-5-6-7-12-24(34)32-14-13-31(16-18(32)2)22-15-21(26)29-25(30-22)35-17-23(33)28-20-11-9-8-10-19(20)27/h8-11,15,18H,3-7,12-14,16-17H2,1-2H3,(H,28,33). The number of piperazine rings is 1. The predicted octanol–water partition coefficient (Wildman–Crippen LogP) is 5.40. The first-order valence-corrected chi connectivity index (χ1v) is 13.5. The number of hydrogen-bond donors (Lipinski definition) is 1. The summed E-state index contributed by atoms with van der Waals surface area (Å²) in [5.74, 6) is 0.0495. The van der Waals surface area contributed by atoms with Gasteiger partial charge in [-0.05, 0) is 25.5 Å². The molecule has 1 aromatic carbocycles. The van der Waals surface area contributed by atoms with E-state index in [1.54, 1.807) is 18.2 Å². The van der Waals surface area contributed by atoms with Crippen LogP contribution in [0, 0.1) is 5.82 Å². The van der Waals surface area contributed by atoms with Crippen LogP contribution < -0.4 is 10.2 Å². The summed E-state index contributed by atoms with van der Waals surface area (Å²) < 4.78 is 13.7. The molecule has 35 heavy (non-hydrogen) atoms. The fourth-order valence-electron chi connectivity index (χ4n) is 4.05. The number of anilines is 2. The minimum Gasteiger partial charge on any atom is -0.353 e. The summed E-state index contributed by atoms with van der Waals surface area (Å²) in [5.41, 5.74) is 0.133. The van der Waals surface area contributed by atoms with E-state index in [9.17, 15) is 14.0 Å². The highest BCUT2D eigenvalue weighted by Gasteiger charge is 2.28. The fraction of sp³-hybridized carbons (Fsp3) is 0.520. The van der Waals surface area contributed by atoms with Crippen molar-refractivity contribution in [3.63, 3.8) is 0 Å². The molecule has 190 valence electrons. The lowest BCUT2D eigenvalue weighted by Crippen LogP contribution is -2.54. The Bertz CT molecular complexity index is 1010. The molecular weight excluding hydrogens is 489 g/mol. The second-order valence-electron chi connectivity index (χ2n) is 8.69. The maximum atomic E-state index is 13.7. The lowest BCUT2D eigenvalue weighted by atomic mass is 10.1. The summed E-state index contributed by atoms with van der Waals surface area (Å²) in [5, 5.41) is 3.20. The Morgan fingerprint density at radius 2 is 1.94 bits per heavy atom. The largest absolute Gasteiger partial charge is 0.353 e. The van der Waals surface area contributed by atoms with Crippen molar-refractivity contribution >= 4 is 46.7 Å². The van der Waals surface area contributed by atoms with Gasteiger partial charge in [-0.2, -0.15) is 0 Å². The van der Waals surface area contributed by atoms with Crippen molar-refractivity contribution in [2.45, 2.75) is 63.6 Å². The molecule has 1 N–H and O–H groups in total. The van der Waals surface area contributed by atoms with Crippen LogP contribution in [0.15, 0.2) is 35.5 Å². The van der Waals surface area contributed by atoms with Crippen LogP contribution in [0.5, 0.6) is 0 Å². The van der Waals surface area contributed by atoms with Gasteiger partial charge in [-0.3, -0.25) is 9.59 Å². The van der Waals surface area contributed by atoms with Gasteiger partial charge < -0.3 is 15.1 Å². The van der Waals surface area contributed by atoms with Gasteiger partial charge in [0, 0.05) is 38.2 Å². The van der Waals surface area contributed by atoms with E-state index in [1.807, 2.05) is 11.8 Å². The average molecular weight is 522 g/mol. The molecule has 1 unspecified atom stereocenters. The molecule has 0 radical (unpaired) electrons. The van der Waals surface area contributed by atoms with Crippen LogP contribution in [-0.4, -0.2) is 58.1 Å². The van der Waals surface area contributed by atoms with Crippen molar-refractivity contribution in [1.29, 1.82) is 0 Å². The molecule has 10 heteroatoms. The maximum Gasteiger partial charge on any atom is 0.234 e. The molecule has 1 aliphatic rings. The number of halogens is 2. The molecule has 0 saturated carbocycles. The quantitative estimate of drug-likeness (QED) is 0.185. The number of nitrogens with zero attached hydrogens (tertiary/aromatic N) is 4. The van der Waals surface area contributed by atoms with Crippen LogP contribution in [-0.2, 0) is 9.59 Å². The van der Waals surface area contributed by atoms with Crippen molar-refractivity contribution in [3.05, 3.63) is 41.3 Å². The zero-order valence-corrected chi connectivity index (χ0v) is 21.9.